The molecule has 2 nitrogen and oxygen atoms in total. The molecule has 0 aliphatic rings. The molecule has 0 saturated carbocycles. The van der Waals surface area contributed by atoms with Crippen molar-refractivity contribution in [1.29, 1.82) is 5.26 Å². The van der Waals surface area contributed by atoms with E-state index in [-0.39, 0.29) is 5.46 Å². The third-order valence-electron chi connectivity index (χ3n) is 2.58. The maximum Gasteiger partial charge on any atom is 0.362 e. The van der Waals surface area contributed by atoms with Crippen LogP contribution >= 0.6 is 0 Å². The summed E-state index contributed by atoms with van der Waals surface area (Å²) in [6.45, 7) is -1.30. The van der Waals surface area contributed by atoms with E-state index in [9.17, 15) is 13.8 Å². The lowest BCUT2D eigenvalue weighted by Gasteiger charge is -2.08. The highest BCUT2D eigenvalue weighted by Gasteiger charge is 2.21. The Morgan fingerprint density at radius 1 is 1.11 bits per heavy atom. The predicted octanol–water partition coefficient (Wildman–Crippen LogP) is 0.934. The fourth-order valence-electron chi connectivity index (χ4n) is 1.68. The van der Waals surface area contributed by atoms with Gasteiger partial charge in [-0.3, -0.25) is 0 Å². The molecule has 0 spiro atoms. The molecule has 0 fully saturated rings. The Balaban J connectivity index is 2.44. The number of hydrogen-bond acceptors (Lipinski definition) is 2. The molecule has 88 valence electrons. The van der Waals surface area contributed by atoms with Gasteiger partial charge in [-0.05, 0) is 41.3 Å². The summed E-state index contributed by atoms with van der Waals surface area (Å²) >= 11 is 0. The summed E-state index contributed by atoms with van der Waals surface area (Å²) in [5.74, 6) is -1.31. The van der Waals surface area contributed by atoms with E-state index in [4.69, 9.17) is 5.26 Å². The number of hydrogen-bond donors (Lipinski definition) is 1. The lowest BCUT2D eigenvalue weighted by molar-refractivity contribution is 0.582. The Morgan fingerprint density at radius 2 is 1.89 bits per heavy atom. The minimum Gasteiger partial charge on any atom is -0.443 e. The Kier molecular flexibility index (Phi) is 3.40. The van der Waals surface area contributed by atoms with E-state index in [2.05, 4.69) is 0 Å². The van der Waals surface area contributed by atoms with E-state index >= 15 is 0 Å². The first-order valence-corrected chi connectivity index (χ1v) is 5.25. The first kappa shape index (κ1) is 12.3. The maximum absolute atomic E-state index is 13.5. The Hall–Kier alpha value is -2.19. The molecule has 0 aliphatic carbocycles. The number of rotatable bonds is 2. The molecule has 1 N–H and O–H groups in total. The molecule has 0 atom stereocenters. The zero-order chi connectivity index (χ0) is 13.1. The Morgan fingerprint density at radius 3 is 2.61 bits per heavy atom. The van der Waals surface area contributed by atoms with E-state index < -0.39 is 18.6 Å². The molecule has 5 heteroatoms. The van der Waals surface area contributed by atoms with Crippen molar-refractivity contribution in [1.82, 2.24) is 0 Å². The average molecular weight is 243 g/mol. The monoisotopic (exact) mass is 243 g/mol. The summed E-state index contributed by atoms with van der Waals surface area (Å²) in [5, 5.41) is 18.7. The molecule has 0 radical (unpaired) electrons. The van der Waals surface area contributed by atoms with Crippen LogP contribution in [-0.2, 0) is 0 Å². The number of nitriles is 1. The van der Waals surface area contributed by atoms with Gasteiger partial charge < -0.3 is 5.02 Å². The highest BCUT2D eigenvalue weighted by atomic mass is 19.1. The smallest absolute Gasteiger partial charge is 0.362 e. The number of halogens is 2. The molecule has 2 aromatic carbocycles. The standard InChI is InChI=1S/C13H8BF2NO/c15-11-4-5-13(16)12(7-11)14(18)10-3-1-2-9(6-10)8-17/h1-7,18H. The molecule has 18 heavy (non-hydrogen) atoms. The molecule has 0 saturated heterocycles. The highest BCUT2D eigenvalue weighted by molar-refractivity contribution is 6.79. The second kappa shape index (κ2) is 4.99. The lowest BCUT2D eigenvalue weighted by atomic mass is 9.55. The van der Waals surface area contributed by atoms with Gasteiger partial charge in [0, 0.05) is 0 Å². The molecule has 0 aromatic heterocycles. The van der Waals surface area contributed by atoms with E-state index in [1.807, 2.05) is 6.07 Å². The van der Waals surface area contributed by atoms with Crippen molar-refractivity contribution in [3.63, 3.8) is 0 Å². The highest BCUT2D eigenvalue weighted by Crippen LogP contribution is 2.01. The molecular weight excluding hydrogens is 235 g/mol. The van der Waals surface area contributed by atoms with Crippen molar-refractivity contribution in [2.75, 3.05) is 0 Å². The summed E-state index contributed by atoms with van der Waals surface area (Å²) in [4.78, 5) is 0. The molecule has 0 unspecified atom stereocenters. The van der Waals surface area contributed by atoms with Crippen LogP contribution in [0.15, 0.2) is 42.5 Å². The van der Waals surface area contributed by atoms with Gasteiger partial charge in [0.2, 0.25) is 0 Å². The van der Waals surface area contributed by atoms with Gasteiger partial charge >= 0.3 is 6.92 Å². The van der Waals surface area contributed by atoms with Crippen LogP contribution in [0.25, 0.3) is 0 Å². The first-order chi connectivity index (χ1) is 8.61. The van der Waals surface area contributed by atoms with Gasteiger partial charge in [-0.1, -0.05) is 12.1 Å². The van der Waals surface area contributed by atoms with Gasteiger partial charge in [-0.2, -0.15) is 5.26 Å². The van der Waals surface area contributed by atoms with Crippen LogP contribution in [0.5, 0.6) is 0 Å². The molecule has 0 heterocycles. The van der Waals surface area contributed by atoms with Crippen molar-refractivity contribution in [3.05, 3.63) is 59.7 Å². The fraction of sp³-hybridized carbons (Fsp3) is 0. The summed E-state index contributed by atoms with van der Waals surface area (Å²) in [6.07, 6.45) is 0. The molecule has 0 amide bonds. The van der Waals surface area contributed by atoms with Crippen LogP contribution < -0.4 is 10.9 Å². The quantitative estimate of drug-likeness (QED) is 0.797. The van der Waals surface area contributed by atoms with E-state index in [1.54, 1.807) is 18.2 Å². The maximum atomic E-state index is 13.5. The van der Waals surface area contributed by atoms with E-state index in [1.165, 1.54) is 6.07 Å². The molecule has 2 rings (SSSR count). The van der Waals surface area contributed by atoms with Crippen molar-refractivity contribution in [2.24, 2.45) is 0 Å². The van der Waals surface area contributed by atoms with Crippen molar-refractivity contribution in [2.45, 2.75) is 0 Å². The van der Waals surface area contributed by atoms with Gasteiger partial charge in [0.15, 0.2) is 0 Å². The molecule has 0 bridgehead atoms. The van der Waals surface area contributed by atoms with Crippen molar-refractivity contribution < 1.29 is 13.8 Å². The van der Waals surface area contributed by atoms with Crippen LogP contribution in [0.3, 0.4) is 0 Å². The minimum atomic E-state index is -1.30. The van der Waals surface area contributed by atoms with Crippen LogP contribution in [0.2, 0.25) is 0 Å². The van der Waals surface area contributed by atoms with Crippen LogP contribution in [0.1, 0.15) is 5.56 Å². The van der Waals surface area contributed by atoms with E-state index in [0.717, 1.165) is 18.2 Å². The molecular formula is C13H8BF2NO. The summed E-state index contributed by atoms with van der Waals surface area (Å²) in [7, 11) is 0. The lowest BCUT2D eigenvalue weighted by Crippen LogP contribution is -2.44. The largest absolute Gasteiger partial charge is 0.443 e. The average Bonchev–Trinajstić information content (AvgIpc) is 2.41. The molecule has 2 aromatic rings. The van der Waals surface area contributed by atoms with Crippen LogP contribution in [-0.4, -0.2) is 11.9 Å². The first-order valence-electron chi connectivity index (χ1n) is 5.25. The topological polar surface area (TPSA) is 44.0 Å². The van der Waals surface area contributed by atoms with Crippen LogP contribution in [0.4, 0.5) is 8.78 Å². The third-order valence-corrected chi connectivity index (χ3v) is 2.58. The second-order valence-corrected chi connectivity index (χ2v) is 3.81. The summed E-state index contributed by atoms with van der Waals surface area (Å²) in [6, 6.07) is 10.9. The number of benzene rings is 2. The summed E-state index contributed by atoms with van der Waals surface area (Å²) in [5.41, 5.74) is 0.548. The van der Waals surface area contributed by atoms with Gasteiger partial charge in [-0.25, -0.2) is 8.78 Å². The normalized spacial score (nSPS) is 9.89. The SMILES string of the molecule is N#Cc1cccc(B(O)c2cc(F)ccc2F)c1. The minimum absolute atomic E-state index is 0.148. The predicted molar refractivity (Wildman–Crippen MR) is 64.8 cm³/mol. The third kappa shape index (κ3) is 2.39. The zero-order valence-electron chi connectivity index (χ0n) is 9.27. The van der Waals surface area contributed by atoms with Crippen LogP contribution in [0, 0.1) is 23.0 Å². The Bertz CT molecular complexity index is 625. The van der Waals surface area contributed by atoms with Crippen molar-refractivity contribution in [3.8, 4) is 6.07 Å². The molecule has 0 aliphatic heterocycles. The zero-order valence-corrected chi connectivity index (χ0v) is 9.27. The summed E-state index contributed by atoms with van der Waals surface area (Å²) < 4.78 is 26.5. The van der Waals surface area contributed by atoms with Gasteiger partial charge in [-0.15, -0.1) is 0 Å². The van der Waals surface area contributed by atoms with Gasteiger partial charge in [0.1, 0.15) is 11.6 Å². The van der Waals surface area contributed by atoms with Gasteiger partial charge in [0.25, 0.3) is 0 Å². The van der Waals surface area contributed by atoms with E-state index in [0.29, 0.717) is 11.0 Å². The van der Waals surface area contributed by atoms with Crippen molar-refractivity contribution >= 4 is 17.8 Å². The van der Waals surface area contributed by atoms with Gasteiger partial charge in [0.05, 0.1) is 11.6 Å². The number of nitrogens with zero attached hydrogens (tertiary/aromatic N) is 1. The Labute approximate surface area is 103 Å². The second-order valence-electron chi connectivity index (χ2n) is 3.81. The fourth-order valence-corrected chi connectivity index (χ4v) is 1.68.